The molecular weight excluding hydrogens is 302 g/mol. The maximum Gasteiger partial charge on any atom is 0.223 e. The number of primary amides is 1. The summed E-state index contributed by atoms with van der Waals surface area (Å²) in [5, 5.41) is 0. The second kappa shape index (κ2) is 8.60. The number of nitrogens with zero attached hydrogens (tertiary/aromatic N) is 2. The minimum absolute atomic E-state index is 0.0777. The van der Waals surface area contributed by atoms with Crippen LogP contribution in [0.15, 0.2) is 30.3 Å². The van der Waals surface area contributed by atoms with Crippen LogP contribution in [0.2, 0.25) is 0 Å². The molecule has 0 aliphatic carbocycles. The van der Waals surface area contributed by atoms with Crippen molar-refractivity contribution in [1.29, 1.82) is 0 Å². The van der Waals surface area contributed by atoms with E-state index in [1.807, 2.05) is 6.07 Å². The zero-order chi connectivity index (χ0) is 16.8. The first kappa shape index (κ1) is 17.4. The second-order valence-electron chi connectivity index (χ2n) is 6.97. The molecule has 2 aliphatic rings. The average molecular weight is 331 g/mol. The van der Waals surface area contributed by atoms with E-state index >= 15 is 0 Å². The summed E-state index contributed by atoms with van der Waals surface area (Å²) < 4.78 is 5.48. The van der Waals surface area contributed by atoms with Crippen molar-refractivity contribution in [2.75, 3.05) is 45.9 Å². The van der Waals surface area contributed by atoms with Crippen molar-refractivity contribution in [1.82, 2.24) is 9.80 Å². The summed E-state index contributed by atoms with van der Waals surface area (Å²) >= 11 is 0. The maximum atomic E-state index is 11.9. The van der Waals surface area contributed by atoms with Gasteiger partial charge in [-0.05, 0) is 24.8 Å². The Hall–Kier alpha value is -1.43. The zero-order valence-corrected chi connectivity index (χ0v) is 14.4. The van der Waals surface area contributed by atoms with Gasteiger partial charge in [-0.1, -0.05) is 30.3 Å². The van der Waals surface area contributed by atoms with Gasteiger partial charge >= 0.3 is 0 Å². The quantitative estimate of drug-likeness (QED) is 0.879. The first-order valence-corrected chi connectivity index (χ1v) is 9.10. The third-order valence-electron chi connectivity index (χ3n) is 5.31. The molecule has 1 aromatic carbocycles. The van der Waals surface area contributed by atoms with Gasteiger partial charge in [-0.3, -0.25) is 9.69 Å². The van der Waals surface area contributed by atoms with Gasteiger partial charge in [0.1, 0.15) is 0 Å². The fourth-order valence-corrected chi connectivity index (χ4v) is 3.80. The average Bonchev–Trinajstić information content (AvgIpc) is 2.85. The molecule has 0 saturated carbocycles. The predicted octanol–water partition coefficient (Wildman–Crippen LogP) is 1.13. The van der Waals surface area contributed by atoms with Gasteiger partial charge in [-0.15, -0.1) is 0 Å². The molecule has 24 heavy (non-hydrogen) atoms. The molecule has 1 aromatic rings. The Morgan fingerprint density at radius 2 is 1.88 bits per heavy atom. The smallest absolute Gasteiger partial charge is 0.223 e. The minimum Gasteiger partial charge on any atom is -0.381 e. The number of amides is 1. The van der Waals surface area contributed by atoms with E-state index in [9.17, 15) is 4.79 Å². The van der Waals surface area contributed by atoms with Crippen molar-refractivity contribution < 1.29 is 9.53 Å². The van der Waals surface area contributed by atoms with Crippen LogP contribution in [0.1, 0.15) is 18.4 Å². The number of rotatable bonds is 5. The molecule has 0 radical (unpaired) electrons. The van der Waals surface area contributed by atoms with Crippen molar-refractivity contribution in [2.24, 2.45) is 11.7 Å². The van der Waals surface area contributed by atoms with Crippen LogP contribution >= 0.6 is 0 Å². The van der Waals surface area contributed by atoms with E-state index in [-0.39, 0.29) is 11.8 Å². The van der Waals surface area contributed by atoms with Crippen LogP contribution in [0.3, 0.4) is 0 Å². The molecule has 2 saturated heterocycles. The Kier molecular flexibility index (Phi) is 6.24. The molecule has 132 valence electrons. The van der Waals surface area contributed by atoms with E-state index in [0.29, 0.717) is 6.04 Å². The molecule has 1 atom stereocenters. The minimum atomic E-state index is -0.168. The van der Waals surface area contributed by atoms with Crippen LogP contribution < -0.4 is 5.73 Å². The summed E-state index contributed by atoms with van der Waals surface area (Å²) in [6, 6.07) is 11.1. The van der Waals surface area contributed by atoms with Crippen molar-refractivity contribution in [2.45, 2.75) is 25.3 Å². The third-order valence-corrected chi connectivity index (χ3v) is 5.31. The molecule has 2 aliphatic heterocycles. The summed E-state index contributed by atoms with van der Waals surface area (Å²) in [5.41, 5.74) is 7.03. The highest BCUT2D eigenvalue weighted by molar-refractivity contribution is 5.77. The monoisotopic (exact) mass is 331 g/mol. The number of carbonyl (C=O) groups is 1. The summed E-state index contributed by atoms with van der Waals surface area (Å²) in [7, 11) is 0. The molecule has 3 rings (SSSR count). The molecule has 0 aromatic heterocycles. The first-order chi connectivity index (χ1) is 11.7. The predicted molar refractivity (Wildman–Crippen MR) is 94.7 cm³/mol. The van der Waals surface area contributed by atoms with Gasteiger partial charge in [0.15, 0.2) is 0 Å². The number of hydrogen-bond acceptors (Lipinski definition) is 4. The standard InChI is InChI=1S/C19H29N3O2/c20-19(23)17-14-21(9-6-16-4-2-1-3-5-16)10-11-22(15-17)18-7-12-24-13-8-18/h1-5,17-18H,6-15H2,(H2,20,23)/t17-/m1/s1. The van der Waals surface area contributed by atoms with Gasteiger partial charge in [0.2, 0.25) is 5.91 Å². The topological polar surface area (TPSA) is 58.8 Å². The molecule has 2 fully saturated rings. The van der Waals surface area contributed by atoms with Crippen LogP contribution in [-0.4, -0.2) is 67.7 Å². The van der Waals surface area contributed by atoms with Crippen molar-refractivity contribution in [3.05, 3.63) is 35.9 Å². The lowest BCUT2D eigenvalue weighted by atomic mass is 10.0. The number of hydrogen-bond donors (Lipinski definition) is 1. The molecule has 0 bridgehead atoms. The Morgan fingerprint density at radius 3 is 2.58 bits per heavy atom. The van der Waals surface area contributed by atoms with Crippen LogP contribution in [0.5, 0.6) is 0 Å². The number of carbonyl (C=O) groups excluding carboxylic acids is 1. The third kappa shape index (κ3) is 4.79. The van der Waals surface area contributed by atoms with Gasteiger partial charge < -0.3 is 15.4 Å². The van der Waals surface area contributed by atoms with E-state index < -0.39 is 0 Å². The van der Waals surface area contributed by atoms with Gasteiger partial charge in [0.05, 0.1) is 5.92 Å². The number of benzene rings is 1. The summed E-state index contributed by atoms with van der Waals surface area (Å²) in [6.45, 7) is 6.25. The summed E-state index contributed by atoms with van der Waals surface area (Å²) in [5.74, 6) is -0.246. The van der Waals surface area contributed by atoms with E-state index in [1.165, 1.54) is 5.56 Å². The SMILES string of the molecule is NC(=O)[C@@H]1CN(CCc2ccccc2)CCN(C2CCOCC2)C1. The van der Waals surface area contributed by atoms with Crippen LogP contribution in [0.25, 0.3) is 0 Å². The molecule has 0 spiro atoms. The largest absolute Gasteiger partial charge is 0.381 e. The van der Waals surface area contributed by atoms with Gasteiger partial charge in [-0.2, -0.15) is 0 Å². The fraction of sp³-hybridized carbons (Fsp3) is 0.632. The van der Waals surface area contributed by atoms with Crippen molar-refractivity contribution in [3.8, 4) is 0 Å². The Balaban J connectivity index is 1.59. The number of ether oxygens (including phenoxy) is 1. The van der Waals surface area contributed by atoms with E-state index in [4.69, 9.17) is 10.5 Å². The highest BCUT2D eigenvalue weighted by atomic mass is 16.5. The molecule has 5 nitrogen and oxygen atoms in total. The molecule has 5 heteroatoms. The fourth-order valence-electron chi connectivity index (χ4n) is 3.80. The Bertz CT molecular complexity index is 517. The Morgan fingerprint density at radius 1 is 1.12 bits per heavy atom. The zero-order valence-electron chi connectivity index (χ0n) is 14.4. The van der Waals surface area contributed by atoms with Gasteiger partial charge in [0, 0.05) is 52.0 Å². The molecule has 1 amide bonds. The maximum absolute atomic E-state index is 11.9. The summed E-state index contributed by atoms with van der Waals surface area (Å²) in [4.78, 5) is 16.8. The molecular formula is C19H29N3O2. The first-order valence-electron chi connectivity index (χ1n) is 9.10. The van der Waals surface area contributed by atoms with E-state index in [0.717, 1.165) is 65.2 Å². The molecule has 2 heterocycles. The lowest BCUT2D eigenvalue weighted by Gasteiger charge is -2.34. The van der Waals surface area contributed by atoms with Crippen molar-refractivity contribution in [3.63, 3.8) is 0 Å². The normalized spacial score (nSPS) is 24.6. The van der Waals surface area contributed by atoms with Crippen LogP contribution in [0, 0.1) is 5.92 Å². The van der Waals surface area contributed by atoms with Crippen molar-refractivity contribution >= 4 is 5.91 Å². The van der Waals surface area contributed by atoms with E-state index in [1.54, 1.807) is 0 Å². The second-order valence-corrected chi connectivity index (χ2v) is 6.97. The van der Waals surface area contributed by atoms with E-state index in [2.05, 4.69) is 34.1 Å². The highest BCUT2D eigenvalue weighted by Crippen LogP contribution is 2.19. The van der Waals surface area contributed by atoms with Crippen LogP contribution in [0.4, 0.5) is 0 Å². The van der Waals surface area contributed by atoms with Gasteiger partial charge in [0.25, 0.3) is 0 Å². The summed E-state index contributed by atoms with van der Waals surface area (Å²) in [6.07, 6.45) is 3.15. The van der Waals surface area contributed by atoms with Gasteiger partial charge in [-0.25, -0.2) is 0 Å². The molecule has 2 N–H and O–H groups in total. The van der Waals surface area contributed by atoms with Crippen LogP contribution in [-0.2, 0) is 16.0 Å². The Labute approximate surface area is 144 Å². The lowest BCUT2D eigenvalue weighted by molar-refractivity contribution is -0.122. The number of nitrogens with two attached hydrogens (primary N) is 1. The molecule has 0 unspecified atom stereocenters. The highest BCUT2D eigenvalue weighted by Gasteiger charge is 2.30. The lowest BCUT2D eigenvalue weighted by Crippen LogP contribution is -2.44.